The lowest BCUT2D eigenvalue weighted by molar-refractivity contribution is 0.892. The molecule has 0 saturated heterocycles. The van der Waals surface area contributed by atoms with Crippen molar-refractivity contribution < 1.29 is 0 Å². The van der Waals surface area contributed by atoms with E-state index in [1.54, 1.807) is 47.1 Å². The first-order chi connectivity index (χ1) is 13.8. The van der Waals surface area contributed by atoms with Crippen LogP contribution in [0.25, 0.3) is 28.2 Å². The third-order valence-corrected chi connectivity index (χ3v) is 6.15. The Bertz CT molecular complexity index is 1210. The first kappa shape index (κ1) is 20.9. The molecule has 0 spiro atoms. The fourth-order valence-electron chi connectivity index (χ4n) is 2.90. The Morgan fingerprint density at radius 1 is 0.552 bits per heavy atom. The average Bonchev–Trinajstić information content (AvgIpc) is 3.11. The molecule has 29 heavy (non-hydrogen) atoms. The lowest BCUT2D eigenvalue weighted by Gasteiger charge is -2.09. The molecule has 0 saturated carbocycles. The van der Waals surface area contributed by atoms with Crippen molar-refractivity contribution in [2.75, 3.05) is 0 Å². The number of hydrogen-bond acceptors (Lipinski definition) is 1. The monoisotopic (exact) mass is 500 g/mol. The minimum atomic E-state index is 0.442. The maximum Gasteiger partial charge on any atom is 0.0934 e. The molecule has 0 radical (unpaired) electrons. The Morgan fingerprint density at radius 3 is 1.69 bits per heavy atom. The molecule has 0 N–H and O–H groups in total. The summed E-state index contributed by atoms with van der Waals surface area (Å²) in [6.07, 6.45) is 0. The molecular formula is C21H10Cl6N2. The molecule has 1 heterocycles. The summed E-state index contributed by atoms with van der Waals surface area (Å²) in [6.45, 7) is 0. The SMILES string of the molecule is Clc1cc(Cl)cc(-n2nc(-c3ccc(Cl)c(Cl)c3)cc2-c2ccc(Cl)c(Cl)c2)c1. The van der Waals surface area contributed by atoms with Crippen LogP contribution in [-0.2, 0) is 0 Å². The predicted molar refractivity (Wildman–Crippen MR) is 124 cm³/mol. The summed E-state index contributed by atoms with van der Waals surface area (Å²) in [4.78, 5) is 0. The van der Waals surface area contributed by atoms with Gasteiger partial charge >= 0.3 is 0 Å². The van der Waals surface area contributed by atoms with E-state index < -0.39 is 0 Å². The largest absolute Gasteiger partial charge is 0.232 e. The molecule has 146 valence electrons. The van der Waals surface area contributed by atoms with Crippen LogP contribution in [0.2, 0.25) is 30.1 Å². The molecule has 0 fully saturated rings. The van der Waals surface area contributed by atoms with Crippen LogP contribution in [0.4, 0.5) is 0 Å². The highest BCUT2D eigenvalue weighted by Gasteiger charge is 2.16. The lowest BCUT2D eigenvalue weighted by Crippen LogP contribution is -1.99. The van der Waals surface area contributed by atoms with Crippen LogP contribution in [0, 0.1) is 0 Å². The Balaban J connectivity index is 1.95. The second-order valence-corrected chi connectivity index (χ2v) is 8.71. The number of nitrogens with zero attached hydrogens (tertiary/aromatic N) is 2. The molecule has 0 amide bonds. The van der Waals surface area contributed by atoms with Gasteiger partial charge in [-0.15, -0.1) is 0 Å². The second kappa shape index (κ2) is 8.39. The van der Waals surface area contributed by atoms with Crippen molar-refractivity contribution in [3.8, 4) is 28.2 Å². The van der Waals surface area contributed by atoms with Gasteiger partial charge in [0.15, 0.2) is 0 Å². The van der Waals surface area contributed by atoms with Crippen molar-refractivity contribution in [3.63, 3.8) is 0 Å². The van der Waals surface area contributed by atoms with Gasteiger partial charge in [-0.25, -0.2) is 4.68 Å². The van der Waals surface area contributed by atoms with Gasteiger partial charge in [0.05, 0.1) is 37.2 Å². The van der Waals surface area contributed by atoms with Crippen molar-refractivity contribution >= 4 is 69.6 Å². The standard InChI is InChI=1S/C21H10Cl6N2/c22-13-7-14(23)9-15(8-13)29-21(12-2-4-17(25)19(27)6-12)10-20(28-29)11-1-3-16(24)18(26)5-11/h1-10H. The van der Waals surface area contributed by atoms with E-state index >= 15 is 0 Å². The molecule has 4 rings (SSSR count). The second-order valence-electron chi connectivity index (χ2n) is 6.21. The zero-order chi connectivity index (χ0) is 20.7. The van der Waals surface area contributed by atoms with Crippen LogP contribution < -0.4 is 0 Å². The molecule has 8 heteroatoms. The predicted octanol–water partition coefficient (Wildman–Crippen LogP) is 9.13. The van der Waals surface area contributed by atoms with E-state index in [2.05, 4.69) is 0 Å². The van der Waals surface area contributed by atoms with Crippen molar-refractivity contribution in [3.05, 3.63) is 90.8 Å². The van der Waals surface area contributed by atoms with E-state index in [0.29, 0.717) is 41.5 Å². The van der Waals surface area contributed by atoms with E-state index in [1.165, 1.54) is 0 Å². The van der Waals surface area contributed by atoms with Crippen LogP contribution in [0.3, 0.4) is 0 Å². The maximum atomic E-state index is 6.24. The number of benzene rings is 3. The normalized spacial score (nSPS) is 11.1. The topological polar surface area (TPSA) is 17.8 Å². The van der Waals surface area contributed by atoms with E-state index in [4.69, 9.17) is 74.7 Å². The number of aromatic nitrogens is 2. The van der Waals surface area contributed by atoms with Crippen molar-refractivity contribution in [2.45, 2.75) is 0 Å². The summed E-state index contributed by atoms with van der Waals surface area (Å²) in [5, 5.41) is 7.58. The molecule has 2 nitrogen and oxygen atoms in total. The van der Waals surface area contributed by atoms with Crippen molar-refractivity contribution in [1.29, 1.82) is 0 Å². The minimum absolute atomic E-state index is 0.442. The van der Waals surface area contributed by atoms with Gasteiger partial charge in [-0.05, 0) is 48.5 Å². The third-order valence-electron chi connectivity index (χ3n) is 4.23. The van der Waals surface area contributed by atoms with Gasteiger partial charge in [0, 0.05) is 21.2 Å². The smallest absolute Gasteiger partial charge is 0.0934 e. The summed E-state index contributed by atoms with van der Waals surface area (Å²) < 4.78 is 1.75. The van der Waals surface area contributed by atoms with Crippen LogP contribution in [0.1, 0.15) is 0 Å². The van der Waals surface area contributed by atoms with Gasteiger partial charge in [-0.1, -0.05) is 81.7 Å². The first-order valence-corrected chi connectivity index (χ1v) is 10.6. The average molecular weight is 503 g/mol. The Morgan fingerprint density at radius 2 is 1.10 bits per heavy atom. The van der Waals surface area contributed by atoms with Crippen LogP contribution in [-0.4, -0.2) is 9.78 Å². The van der Waals surface area contributed by atoms with Crippen LogP contribution in [0.5, 0.6) is 0 Å². The number of halogens is 6. The van der Waals surface area contributed by atoms with Gasteiger partial charge in [0.25, 0.3) is 0 Å². The molecular weight excluding hydrogens is 493 g/mol. The highest BCUT2D eigenvalue weighted by molar-refractivity contribution is 6.42. The molecule has 1 aromatic heterocycles. The van der Waals surface area contributed by atoms with E-state index in [-0.39, 0.29) is 0 Å². The zero-order valence-corrected chi connectivity index (χ0v) is 19.0. The van der Waals surface area contributed by atoms with E-state index in [1.807, 2.05) is 18.2 Å². The lowest BCUT2D eigenvalue weighted by atomic mass is 10.1. The Hall–Kier alpha value is -1.39. The molecule has 0 bridgehead atoms. The molecule has 4 aromatic rings. The number of rotatable bonds is 3. The number of hydrogen-bond donors (Lipinski definition) is 0. The maximum absolute atomic E-state index is 6.24. The fourth-order valence-corrected chi connectivity index (χ4v) is 4.01. The molecule has 0 unspecified atom stereocenters. The fraction of sp³-hybridized carbons (Fsp3) is 0. The first-order valence-electron chi connectivity index (χ1n) is 8.29. The van der Waals surface area contributed by atoms with Gasteiger partial charge < -0.3 is 0 Å². The highest BCUT2D eigenvalue weighted by atomic mass is 35.5. The summed E-state index contributed by atoms with van der Waals surface area (Å²) >= 11 is 37.0. The quantitative estimate of drug-likeness (QED) is 0.273. The van der Waals surface area contributed by atoms with Gasteiger partial charge in [-0.2, -0.15) is 5.10 Å². The van der Waals surface area contributed by atoms with Crippen molar-refractivity contribution in [2.24, 2.45) is 0 Å². The van der Waals surface area contributed by atoms with E-state index in [0.717, 1.165) is 16.8 Å². The van der Waals surface area contributed by atoms with Gasteiger partial charge in [0.1, 0.15) is 0 Å². The Kier molecular flexibility index (Phi) is 6.04. The summed E-state index contributed by atoms with van der Waals surface area (Å²) in [7, 11) is 0. The molecule has 0 aliphatic rings. The van der Waals surface area contributed by atoms with Crippen molar-refractivity contribution in [1.82, 2.24) is 9.78 Å². The van der Waals surface area contributed by atoms with Crippen LogP contribution in [0.15, 0.2) is 60.7 Å². The third kappa shape index (κ3) is 4.39. The van der Waals surface area contributed by atoms with Gasteiger partial charge in [-0.3, -0.25) is 0 Å². The Labute approximate surface area is 197 Å². The molecule has 3 aromatic carbocycles. The minimum Gasteiger partial charge on any atom is -0.232 e. The summed E-state index contributed by atoms with van der Waals surface area (Å²) in [5.74, 6) is 0. The highest BCUT2D eigenvalue weighted by Crippen LogP contribution is 2.35. The zero-order valence-electron chi connectivity index (χ0n) is 14.4. The summed E-state index contributed by atoms with van der Waals surface area (Å²) in [5.41, 5.74) is 3.82. The van der Waals surface area contributed by atoms with Gasteiger partial charge in [0.2, 0.25) is 0 Å². The molecule has 0 aliphatic carbocycles. The van der Waals surface area contributed by atoms with Crippen LogP contribution >= 0.6 is 69.6 Å². The van der Waals surface area contributed by atoms with E-state index in [9.17, 15) is 0 Å². The summed E-state index contributed by atoms with van der Waals surface area (Å²) in [6, 6.07) is 17.9. The molecule has 0 aliphatic heterocycles. The molecule has 0 atom stereocenters.